The standard InChI is InChI=1S/C22H31N3O2/c1-2-23-22(25-9-11-27-20(14-25)19-8-5-10-26-19)24-13-18-17-12-15-6-3-4-7-16(15)21(17)18/h3-4,6-7,17-21H,2,5,8-14H2,1H3,(H,23,24). The lowest BCUT2D eigenvalue weighted by Gasteiger charge is -2.37. The monoisotopic (exact) mass is 369 g/mol. The molecule has 5 nitrogen and oxygen atoms in total. The second-order valence-electron chi connectivity index (χ2n) is 8.36. The third-order valence-corrected chi connectivity index (χ3v) is 6.76. The molecule has 5 atom stereocenters. The lowest BCUT2D eigenvalue weighted by Crippen LogP contribution is -2.53. The quantitative estimate of drug-likeness (QED) is 0.654. The number of nitrogens with zero attached hydrogens (tertiary/aromatic N) is 2. The molecule has 5 rings (SSSR count). The first-order valence-electron chi connectivity index (χ1n) is 10.7. The van der Waals surface area contributed by atoms with E-state index in [1.165, 1.54) is 6.42 Å². The van der Waals surface area contributed by atoms with Gasteiger partial charge in [0.2, 0.25) is 0 Å². The highest BCUT2D eigenvalue weighted by Gasteiger charge is 2.55. The summed E-state index contributed by atoms with van der Waals surface area (Å²) < 4.78 is 11.9. The van der Waals surface area contributed by atoms with E-state index in [1.807, 2.05) is 0 Å². The van der Waals surface area contributed by atoms with Crippen LogP contribution in [0.5, 0.6) is 0 Å². The molecule has 0 spiro atoms. The predicted octanol–water partition coefficient (Wildman–Crippen LogP) is 2.42. The molecular weight excluding hydrogens is 338 g/mol. The summed E-state index contributed by atoms with van der Waals surface area (Å²) in [5.74, 6) is 3.35. The number of guanidine groups is 1. The molecule has 27 heavy (non-hydrogen) atoms. The minimum absolute atomic E-state index is 0.178. The van der Waals surface area contributed by atoms with Gasteiger partial charge in [-0.25, -0.2) is 0 Å². The van der Waals surface area contributed by atoms with Crippen LogP contribution in [0.2, 0.25) is 0 Å². The number of aliphatic imine (C=N–C) groups is 1. The molecule has 5 heteroatoms. The normalized spacial score (nSPS) is 35.1. The molecule has 2 aliphatic heterocycles. The average molecular weight is 370 g/mol. The van der Waals surface area contributed by atoms with Crippen LogP contribution in [-0.4, -0.2) is 62.5 Å². The van der Waals surface area contributed by atoms with Gasteiger partial charge in [0.25, 0.3) is 0 Å². The van der Waals surface area contributed by atoms with E-state index in [9.17, 15) is 0 Å². The average Bonchev–Trinajstić information content (AvgIpc) is 3.08. The van der Waals surface area contributed by atoms with E-state index in [0.717, 1.165) is 75.9 Å². The van der Waals surface area contributed by atoms with E-state index in [1.54, 1.807) is 11.1 Å². The molecule has 0 amide bonds. The van der Waals surface area contributed by atoms with Crippen molar-refractivity contribution in [2.75, 3.05) is 39.4 Å². The third-order valence-electron chi connectivity index (χ3n) is 6.76. The first-order valence-corrected chi connectivity index (χ1v) is 10.7. The minimum atomic E-state index is 0.178. The van der Waals surface area contributed by atoms with Gasteiger partial charge in [-0.05, 0) is 55.1 Å². The zero-order valence-electron chi connectivity index (χ0n) is 16.3. The van der Waals surface area contributed by atoms with Gasteiger partial charge in [0.1, 0.15) is 6.10 Å². The molecule has 3 fully saturated rings. The topological polar surface area (TPSA) is 46.1 Å². The van der Waals surface area contributed by atoms with Crippen molar-refractivity contribution >= 4 is 5.96 Å². The molecule has 0 bridgehead atoms. The van der Waals surface area contributed by atoms with Crippen LogP contribution in [0.1, 0.15) is 36.8 Å². The second kappa shape index (κ2) is 7.44. The van der Waals surface area contributed by atoms with Crippen molar-refractivity contribution in [3.63, 3.8) is 0 Å². The highest BCUT2D eigenvalue weighted by atomic mass is 16.5. The first kappa shape index (κ1) is 17.5. The van der Waals surface area contributed by atoms with Crippen molar-refractivity contribution in [2.24, 2.45) is 16.8 Å². The smallest absolute Gasteiger partial charge is 0.194 e. The van der Waals surface area contributed by atoms with E-state index in [0.29, 0.717) is 0 Å². The van der Waals surface area contributed by atoms with E-state index < -0.39 is 0 Å². The van der Waals surface area contributed by atoms with Gasteiger partial charge in [0.05, 0.1) is 12.7 Å². The summed E-state index contributed by atoms with van der Waals surface area (Å²) in [5, 5.41) is 3.51. The highest BCUT2D eigenvalue weighted by Crippen LogP contribution is 2.61. The number of ether oxygens (including phenoxy) is 2. The molecule has 5 unspecified atom stereocenters. The molecule has 4 aliphatic rings. The van der Waals surface area contributed by atoms with Gasteiger partial charge in [0, 0.05) is 32.8 Å². The van der Waals surface area contributed by atoms with Crippen LogP contribution in [0.15, 0.2) is 29.3 Å². The van der Waals surface area contributed by atoms with Crippen LogP contribution in [0.4, 0.5) is 0 Å². The van der Waals surface area contributed by atoms with Gasteiger partial charge >= 0.3 is 0 Å². The lowest BCUT2D eigenvalue weighted by atomic mass is 10.0. The maximum absolute atomic E-state index is 6.01. The molecule has 2 saturated heterocycles. The van der Waals surface area contributed by atoms with Crippen LogP contribution in [0.3, 0.4) is 0 Å². The Hall–Kier alpha value is -1.59. The molecule has 1 N–H and O–H groups in total. The lowest BCUT2D eigenvalue weighted by molar-refractivity contribution is -0.0817. The Balaban J connectivity index is 1.23. The van der Waals surface area contributed by atoms with E-state index in [2.05, 4.69) is 41.4 Å². The van der Waals surface area contributed by atoms with Crippen molar-refractivity contribution < 1.29 is 9.47 Å². The van der Waals surface area contributed by atoms with E-state index in [4.69, 9.17) is 14.5 Å². The minimum Gasteiger partial charge on any atom is -0.375 e. The summed E-state index contributed by atoms with van der Waals surface area (Å²) >= 11 is 0. The maximum Gasteiger partial charge on any atom is 0.194 e. The maximum atomic E-state index is 6.01. The molecule has 2 aliphatic carbocycles. The molecule has 1 aromatic carbocycles. The summed E-state index contributed by atoms with van der Waals surface area (Å²) in [7, 11) is 0. The molecule has 2 heterocycles. The van der Waals surface area contributed by atoms with Crippen molar-refractivity contribution in [1.82, 2.24) is 10.2 Å². The van der Waals surface area contributed by atoms with Gasteiger partial charge in [-0.1, -0.05) is 24.3 Å². The fourth-order valence-electron chi connectivity index (χ4n) is 5.34. The number of rotatable bonds is 4. The third kappa shape index (κ3) is 3.36. The zero-order valence-corrected chi connectivity index (χ0v) is 16.3. The Labute approximate surface area is 162 Å². The van der Waals surface area contributed by atoms with Gasteiger partial charge in [-0.15, -0.1) is 0 Å². The SMILES string of the molecule is CCNC(=NCC1C2Cc3ccccc3C12)N1CCOC(C2CCCO2)C1. The van der Waals surface area contributed by atoms with Gasteiger partial charge in [-0.2, -0.15) is 0 Å². The summed E-state index contributed by atoms with van der Waals surface area (Å²) in [6.45, 7) is 7.43. The first-order chi connectivity index (χ1) is 13.3. The van der Waals surface area contributed by atoms with Gasteiger partial charge < -0.3 is 19.7 Å². The van der Waals surface area contributed by atoms with E-state index in [-0.39, 0.29) is 12.2 Å². The number of nitrogens with one attached hydrogen (secondary N) is 1. The van der Waals surface area contributed by atoms with Crippen LogP contribution >= 0.6 is 0 Å². The number of benzene rings is 1. The van der Waals surface area contributed by atoms with E-state index >= 15 is 0 Å². The molecule has 1 aromatic rings. The predicted molar refractivity (Wildman–Crippen MR) is 106 cm³/mol. The van der Waals surface area contributed by atoms with Crippen molar-refractivity contribution in [2.45, 2.75) is 44.3 Å². The Bertz CT molecular complexity index is 701. The Morgan fingerprint density at radius 1 is 1.22 bits per heavy atom. The van der Waals surface area contributed by atoms with Crippen LogP contribution in [0, 0.1) is 11.8 Å². The second-order valence-corrected chi connectivity index (χ2v) is 8.36. The molecule has 1 saturated carbocycles. The fraction of sp³-hybridized carbons (Fsp3) is 0.682. The molecule has 0 radical (unpaired) electrons. The van der Waals surface area contributed by atoms with Gasteiger partial charge in [-0.3, -0.25) is 4.99 Å². The molecule has 146 valence electrons. The number of morpholine rings is 1. The summed E-state index contributed by atoms with van der Waals surface area (Å²) in [5.41, 5.74) is 3.14. The summed E-state index contributed by atoms with van der Waals surface area (Å²) in [6.07, 6.45) is 3.96. The fourth-order valence-corrected chi connectivity index (χ4v) is 5.34. The summed E-state index contributed by atoms with van der Waals surface area (Å²) in [4.78, 5) is 7.43. The molecular formula is C22H31N3O2. The largest absolute Gasteiger partial charge is 0.375 e. The summed E-state index contributed by atoms with van der Waals surface area (Å²) in [6, 6.07) is 8.97. The van der Waals surface area contributed by atoms with Crippen LogP contribution < -0.4 is 5.32 Å². The number of fused-ring (bicyclic) bond motifs is 3. The Morgan fingerprint density at radius 3 is 2.96 bits per heavy atom. The van der Waals surface area contributed by atoms with Gasteiger partial charge in [0.15, 0.2) is 5.96 Å². The number of hydrogen-bond acceptors (Lipinski definition) is 3. The van der Waals surface area contributed by atoms with Crippen molar-refractivity contribution in [1.29, 1.82) is 0 Å². The van der Waals surface area contributed by atoms with Crippen molar-refractivity contribution in [3.8, 4) is 0 Å². The van der Waals surface area contributed by atoms with Crippen molar-refractivity contribution in [3.05, 3.63) is 35.4 Å². The Kier molecular flexibility index (Phi) is 4.82. The number of hydrogen-bond donors (Lipinski definition) is 1. The van der Waals surface area contributed by atoms with Crippen LogP contribution in [-0.2, 0) is 15.9 Å². The zero-order chi connectivity index (χ0) is 18.2. The highest BCUT2D eigenvalue weighted by molar-refractivity contribution is 5.80. The Morgan fingerprint density at radius 2 is 2.11 bits per heavy atom. The molecule has 0 aromatic heterocycles. The van der Waals surface area contributed by atoms with Crippen LogP contribution in [0.25, 0.3) is 0 Å².